The molecule has 0 aliphatic carbocycles. The molecule has 2 aliphatic rings. The minimum Gasteiger partial charge on any atom is -0.339 e. The van der Waals surface area contributed by atoms with Gasteiger partial charge >= 0.3 is 0 Å². The molecule has 0 spiro atoms. The number of amides is 1. The number of nitrogens with one attached hydrogen (secondary N) is 1. The number of nitro groups is 1. The Morgan fingerprint density at radius 1 is 1.24 bits per heavy atom. The van der Waals surface area contributed by atoms with Crippen molar-refractivity contribution in [3.63, 3.8) is 0 Å². The van der Waals surface area contributed by atoms with Gasteiger partial charge < -0.3 is 10.2 Å². The zero-order chi connectivity index (χ0) is 18.4. The molecule has 2 aliphatic heterocycles. The van der Waals surface area contributed by atoms with E-state index in [9.17, 15) is 14.9 Å². The Bertz CT molecular complexity index is 684. The summed E-state index contributed by atoms with van der Waals surface area (Å²) in [6.07, 6.45) is 4.27. The van der Waals surface area contributed by atoms with Crippen molar-refractivity contribution >= 4 is 11.6 Å². The van der Waals surface area contributed by atoms with E-state index in [-0.39, 0.29) is 28.0 Å². The van der Waals surface area contributed by atoms with Crippen molar-refractivity contribution in [2.45, 2.75) is 70.0 Å². The number of carbonyl (C=O) groups is 1. The fraction of sp³-hybridized carbons (Fsp3) is 0.632. The Morgan fingerprint density at radius 3 is 2.36 bits per heavy atom. The summed E-state index contributed by atoms with van der Waals surface area (Å²) >= 11 is 0. The highest BCUT2D eigenvalue weighted by Crippen LogP contribution is 2.33. The molecule has 1 amide bonds. The minimum atomic E-state index is -0.387. The van der Waals surface area contributed by atoms with Crippen molar-refractivity contribution in [3.05, 3.63) is 39.4 Å². The largest absolute Gasteiger partial charge is 0.339 e. The Kier molecular flexibility index (Phi) is 4.58. The van der Waals surface area contributed by atoms with Crippen LogP contribution in [-0.4, -0.2) is 40.9 Å². The Hall–Kier alpha value is -1.95. The molecule has 136 valence electrons. The number of hydrogen-bond donors (Lipinski definition) is 1. The summed E-state index contributed by atoms with van der Waals surface area (Å²) in [6, 6.07) is 6.09. The highest BCUT2D eigenvalue weighted by molar-refractivity contribution is 5.95. The van der Waals surface area contributed by atoms with Crippen molar-refractivity contribution in [1.29, 1.82) is 0 Å². The highest BCUT2D eigenvalue weighted by Gasteiger charge is 2.37. The smallest absolute Gasteiger partial charge is 0.273 e. The summed E-state index contributed by atoms with van der Waals surface area (Å²) in [6.45, 7) is 5.81. The van der Waals surface area contributed by atoms with Crippen molar-refractivity contribution in [2.75, 3.05) is 7.05 Å². The number of benzene rings is 1. The lowest BCUT2D eigenvalue weighted by Crippen LogP contribution is -2.48. The summed E-state index contributed by atoms with van der Waals surface area (Å²) in [5.74, 6) is -0.130. The van der Waals surface area contributed by atoms with E-state index in [1.165, 1.54) is 18.9 Å². The second-order valence-corrected chi connectivity index (χ2v) is 8.42. The van der Waals surface area contributed by atoms with Crippen molar-refractivity contribution in [3.8, 4) is 0 Å². The van der Waals surface area contributed by atoms with E-state index in [0.29, 0.717) is 23.2 Å². The topological polar surface area (TPSA) is 75.5 Å². The van der Waals surface area contributed by atoms with Crippen LogP contribution in [0.15, 0.2) is 18.2 Å². The van der Waals surface area contributed by atoms with Gasteiger partial charge in [0.25, 0.3) is 11.6 Å². The predicted octanol–water partition coefficient (Wildman–Crippen LogP) is 3.25. The van der Waals surface area contributed by atoms with Crippen LogP contribution in [0, 0.1) is 10.1 Å². The molecule has 2 bridgehead atoms. The molecular formula is C19H27N3O3. The maximum atomic E-state index is 12.9. The van der Waals surface area contributed by atoms with Crippen LogP contribution in [0.4, 0.5) is 5.69 Å². The molecule has 6 nitrogen and oxygen atoms in total. The van der Waals surface area contributed by atoms with Crippen LogP contribution in [0.1, 0.15) is 62.4 Å². The van der Waals surface area contributed by atoms with E-state index >= 15 is 0 Å². The van der Waals surface area contributed by atoms with Crippen molar-refractivity contribution in [2.24, 2.45) is 0 Å². The zero-order valence-corrected chi connectivity index (χ0v) is 15.4. The van der Waals surface area contributed by atoms with Crippen LogP contribution in [0.5, 0.6) is 0 Å². The van der Waals surface area contributed by atoms with Crippen LogP contribution < -0.4 is 5.32 Å². The number of fused-ring (bicyclic) bond motifs is 2. The molecule has 2 saturated heterocycles. The zero-order valence-electron chi connectivity index (χ0n) is 15.4. The molecule has 1 aromatic carbocycles. The fourth-order valence-corrected chi connectivity index (χ4v) is 4.16. The maximum absolute atomic E-state index is 12.9. The van der Waals surface area contributed by atoms with Crippen LogP contribution in [-0.2, 0) is 5.41 Å². The van der Waals surface area contributed by atoms with Crippen molar-refractivity contribution < 1.29 is 9.72 Å². The van der Waals surface area contributed by atoms with Gasteiger partial charge in [0.05, 0.1) is 4.92 Å². The SMILES string of the molecule is CN(C(=O)c1ccc(C(C)(C)C)c([N+](=O)[O-])c1)C1CC2CCC(C1)N2. The van der Waals surface area contributed by atoms with Gasteiger partial charge in [0.2, 0.25) is 0 Å². The first kappa shape index (κ1) is 17.9. The van der Waals surface area contributed by atoms with E-state index < -0.39 is 0 Å². The third-order valence-corrected chi connectivity index (χ3v) is 5.57. The van der Waals surface area contributed by atoms with Gasteiger partial charge in [0, 0.05) is 42.4 Å². The Labute approximate surface area is 148 Å². The summed E-state index contributed by atoms with van der Waals surface area (Å²) in [7, 11) is 1.82. The fourth-order valence-electron chi connectivity index (χ4n) is 4.16. The Balaban J connectivity index is 1.84. The highest BCUT2D eigenvalue weighted by atomic mass is 16.6. The Morgan fingerprint density at radius 2 is 1.84 bits per heavy atom. The standard InChI is InChI=1S/C19H27N3O3/c1-19(2,3)16-8-5-12(9-17(16)22(24)25)18(23)21(4)15-10-13-6-7-14(11-15)20-13/h5,8-9,13-15,20H,6-7,10-11H2,1-4H3. The molecule has 0 saturated carbocycles. The lowest BCUT2D eigenvalue weighted by atomic mass is 9.85. The minimum absolute atomic E-state index is 0.0251. The van der Waals surface area contributed by atoms with E-state index in [1.54, 1.807) is 17.0 Å². The normalized spacial score (nSPS) is 25.7. The molecule has 2 atom stereocenters. The quantitative estimate of drug-likeness (QED) is 0.674. The van der Waals surface area contributed by atoms with Gasteiger partial charge in [-0.3, -0.25) is 14.9 Å². The monoisotopic (exact) mass is 345 g/mol. The van der Waals surface area contributed by atoms with Crippen LogP contribution in [0.2, 0.25) is 0 Å². The molecule has 3 rings (SSSR count). The first-order valence-corrected chi connectivity index (χ1v) is 8.99. The van der Waals surface area contributed by atoms with E-state index in [1.807, 2.05) is 27.8 Å². The van der Waals surface area contributed by atoms with Gasteiger partial charge in [0.15, 0.2) is 0 Å². The van der Waals surface area contributed by atoms with Gasteiger partial charge in [-0.25, -0.2) is 0 Å². The number of piperidine rings is 1. The maximum Gasteiger partial charge on any atom is 0.273 e. The summed E-state index contributed by atoms with van der Waals surface area (Å²) < 4.78 is 0. The van der Waals surface area contributed by atoms with Gasteiger partial charge in [-0.2, -0.15) is 0 Å². The molecule has 2 unspecified atom stereocenters. The lowest BCUT2D eigenvalue weighted by Gasteiger charge is -2.35. The second kappa shape index (κ2) is 6.41. The summed E-state index contributed by atoms with van der Waals surface area (Å²) in [5, 5.41) is 15.1. The molecular weight excluding hydrogens is 318 g/mol. The lowest BCUT2D eigenvalue weighted by molar-refractivity contribution is -0.386. The third-order valence-electron chi connectivity index (χ3n) is 5.57. The van der Waals surface area contributed by atoms with Gasteiger partial charge in [-0.05, 0) is 37.2 Å². The second-order valence-electron chi connectivity index (χ2n) is 8.42. The first-order valence-electron chi connectivity index (χ1n) is 8.99. The number of nitrogens with zero attached hydrogens (tertiary/aromatic N) is 2. The number of carbonyl (C=O) groups excluding carboxylic acids is 1. The van der Waals surface area contributed by atoms with Crippen LogP contribution in [0.25, 0.3) is 0 Å². The van der Waals surface area contributed by atoms with Crippen LogP contribution in [0.3, 0.4) is 0 Å². The molecule has 1 aromatic rings. The predicted molar refractivity (Wildman–Crippen MR) is 96.9 cm³/mol. The molecule has 2 heterocycles. The number of nitro benzene ring substituents is 1. The molecule has 0 aromatic heterocycles. The van der Waals surface area contributed by atoms with E-state index in [0.717, 1.165) is 12.8 Å². The third kappa shape index (κ3) is 3.54. The van der Waals surface area contributed by atoms with E-state index in [4.69, 9.17) is 0 Å². The van der Waals surface area contributed by atoms with Crippen molar-refractivity contribution in [1.82, 2.24) is 10.2 Å². The number of rotatable bonds is 3. The average molecular weight is 345 g/mol. The summed E-state index contributed by atoms with van der Waals surface area (Å²) in [5.41, 5.74) is 0.728. The van der Waals surface area contributed by atoms with E-state index in [2.05, 4.69) is 5.32 Å². The van der Waals surface area contributed by atoms with Gasteiger partial charge in [-0.1, -0.05) is 26.8 Å². The molecule has 1 N–H and O–H groups in total. The first-order chi connectivity index (χ1) is 11.7. The molecule has 2 fully saturated rings. The van der Waals surface area contributed by atoms with Gasteiger partial charge in [-0.15, -0.1) is 0 Å². The van der Waals surface area contributed by atoms with Crippen LogP contribution >= 0.6 is 0 Å². The van der Waals surface area contributed by atoms with Gasteiger partial charge in [0.1, 0.15) is 0 Å². The molecule has 0 radical (unpaired) electrons. The number of hydrogen-bond acceptors (Lipinski definition) is 4. The summed E-state index contributed by atoms with van der Waals surface area (Å²) in [4.78, 5) is 25.8. The molecule has 25 heavy (non-hydrogen) atoms. The molecule has 6 heteroatoms. The average Bonchev–Trinajstić information content (AvgIpc) is 2.90.